The summed E-state index contributed by atoms with van der Waals surface area (Å²) < 4.78 is 1.86. The standard InChI is InChI=1S/C17H22Cl2N4.HI/c1-12(13-7-5-4-6-8-13)10-21-17(20-2)22-11-14-9-15(18)16(19)23(14)3;/h4-9,12H,10-11H2,1-3H3,(H2,20,21,22);1H. The van der Waals surface area contributed by atoms with Gasteiger partial charge in [0.05, 0.1) is 11.6 Å². The molecule has 0 spiro atoms. The quantitative estimate of drug-likeness (QED) is 0.378. The van der Waals surface area contributed by atoms with Gasteiger partial charge in [-0.05, 0) is 17.5 Å². The number of hydrogen-bond acceptors (Lipinski definition) is 1. The average Bonchev–Trinajstić information content (AvgIpc) is 2.82. The zero-order valence-electron chi connectivity index (χ0n) is 14.0. The Balaban J connectivity index is 0.00000288. The van der Waals surface area contributed by atoms with Gasteiger partial charge in [0.1, 0.15) is 5.15 Å². The van der Waals surface area contributed by atoms with Crippen molar-refractivity contribution >= 4 is 53.1 Å². The van der Waals surface area contributed by atoms with Crippen LogP contribution in [0.3, 0.4) is 0 Å². The minimum absolute atomic E-state index is 0. The molecule has 4 nitrogen and oxygen atoms in total. The highest BCUT2D eigenvalue weighted by molar-refractivity contribution is 14.0. The maximum atomic E-state index is 6.08. The minimum Gasteiger partial charge on any atom is -0.356 e. The number of nitrogens with zero attached hydrogens (tertiary/aromatic N) is 2. The van der Waals surface area contributed by atoms with Crippen molar-refractivity contribution in [1.29, 1.82) is 0 Å². The van der Waals surface area contributed by atoms with Crippen molar-refractivity contribution in [2.24, 2.45) is 12.0 Å². The van der Waals surface area contributed by atoms with Gasteiger partial charge in [-0.3, -0.25) is 4.99 Å². The molecule has 0 amide bonds. The number of nitrogens with one attached hydrogen (secondary N) is 2. The van der Waals surface area contributed by atoms with E-state index in [0.717, 1.165) is 18.2 Å². The molecule has 1 aromatic heterocycles. The van der Waals surface area contributed by atoms with Gasteiger partial charge in [0.2, 0.25) is 0 Å². The Morgan fingerprint density at radius 3 is 2.42 bits per heavy atom. The lowest BCUT2D eigenvalue weighted by Crippen LogP contribution is -2.38. The molecule has 2 aromatic rings. The molecule has 2 N–H and O–H groups in total. The van der Waals surface area contributed by atoms with Crippen LogP contribution in [0, 0.1) is 0 Å². The van der Waals surface area contributed by atoms with E-state index in [1.54, 1.807) is 7.05 Å². The second-order valence-corrected chi connectivity index (χ2v) is 6.22. The lowest BCUT2D eigenvalue weighted by Gasteiger charge is -2.16. The molecule has 0 aliphatic heterocycles. The van der Waals surface area contributed by atoms with Crippen molar-refractivity contribution in [3.8, 4) is 0 Å². The third-order valence-electron chi connectivity index (χ3n) is 3.82. The van der Waals surface area contributed by atoms with E-state index in [2.05, 4.69) is 46.8 Å². The monoisotopic (exact) mass is 480 g/mol. The molecular formula is C17H23Cl2IN4. The van der Waals surface area contributed by atoms with Crippen LogP contribution >= 0.6 is 47.2 Å². The number of rotatable bonds is 5. The van der Waals surface area contributed by atoms with Gasteiger partial charge in [-0.15, -0.1) is 24.0 Å². The molecule has 2 rings (SSSR count). The van der Waals surface area contributed by atoms with E-state index in [1.165, 1.54) is 5.56 Å². The smallest absolute Gasteiger partial charge is 0.191 e. The van der Waals surface area contributed by atoms with Crippen LogP contribution in [0.5, 0.6) is 0 Å². The van der Waals surface area contributed by atoms with Gasteiger partial charge in [-0.2, -0.15) is 0 Å². The number of aliphatic imine (C=N–C) groups is 1. The number of halogens is 3. The fourth-order valence-electron chi connectivity index (χ4n) is 2.30. The van der Waals surface area contributed by atoms with Crippen molar-refractivity contribution in [3.05, 3.63) is 57.8 Å². The van der Waals surface area contributed by atoms with E-state index in [1.807, 2.05) is 23.7 Å². The molecule has 132 valence electrons. The number of guanidine groups is 1. The summed E-state index contributed by atoms with van der Waals surface area (Å²) in [5.74, 6) is 1.15. The predicted molar refractivity (Wildman–Crippen MR) is 114 cm³/mol. The van der Waals surface area contributed by atoms with E-state index in [-0.39, 0.29) is 24.0 Å². The lowest BCUT2D eigenvalue weighted by molar-refractivity contribution is 0.691. The molecule has 0 aliphatic carbocycles. The molecule has 0 saturated carbocycles. The van der Waals surface area contributed by atoms with E-state index in [0.29, 0.717) is 22.6 Å². The Morgan fingerprint density at radius 1 is 1.21 bits per heavy atom. The summed E-state index contributed by atoms with van der Waals surface area (Å²) in [6.45, 7) is 3.59. The topological polar surface area (TPSA) is 41.4 Å². The summed E-state index contributed by atoms with van der Waals surface area (Å²) >= 11 is 12.1. The molecule has 0 bridgehead atoms. The first kappa shape index (κ1) is 21.1. The van der Waals surface area contributed by atoms with Crippen molar-refractivity contribution < 1.29 is 0 Å². The lowest BCUT2D eigenvalue weighted by atomic mass is 10.0. The highest BCUT2D eigenvalue weighted by Gasteiger charge is 2.10. The van der Waals surface area contributed by atoms with E-state index in [9.17, 15) is 0 Å². The van der Waals surface area contributed by atoms with Crippen LogP contribution in [-0.2, 0) is 13.6 Å². The van der Waals surface area contributed by atoms with Gasteiger partial charge in [-0.25, -0.2) is 0 Å². The van der Waals surface area contributed by atoms with Crippen LogP contribution in [0.15, 0.2) is 41.4 Å². The van der Waals surface area contributed by atoms with Gasteiger partial charge in [0, 0.05) is 26.3 Å². The Hall–Kier alpha value is -0.920. The Kier molecular flexibility index (Phi) is 8.94. The largest absolute Gasteiger partial charge is 0.356 e. The second kappa shape index (κ2) is 10.2. The van der Waals surface area contributed by atoms with Crippen LogP contribution in [0.1, 0.15) is 24.1 Å². The fourth-order valence-corrected chi connectivity index (χ4v) is 2.72. The van der Waals surface area contributed by atoms with Crippen LogP contribution in [0.25, 0.3) is 0 Å². The SMILES string of the molecule is CN=C(NCc1cc(Cl)c(Cl)n1C)NCC(C)c1ccccc1.I. The van der Waals surface area contributed by atoms with Gasteiger partial charge in [0.15, 0.2) is 5.96 Å². The fraction of sp³-hybridized carbons (Fsp3) is 0.353. The molecule has 1 unspecified atom stereocenters. The molecule has 0 saturated heterocycles. The Labute approximate surface area is 170 Å². The van der Waals surface area contributed by atoms with Crippen molar-refractivity contribution in [3.63, 3.8) is 0 Å². The molecule has 7 heteroatoms. The summed E-state index contributed by atoms with van der Waals surface area (Å²) in [4.78, 5) is 4.25. The summed E-state index contributed by atoms with van der Waals surface area (Å²) in [6.07, 6.45) is 0. The zero-order chi connectivity index (χ0) is 16.8. The third-order valence-corrected chi connectivity index (χ3v) is 4.66. The molecule has 0 aliphatic rings. The van der Waals surface area contributed by atoms with Crippen LogP contribution in [-0.4, -0.2) is 24.1 Å². The molecule has 24 heavy (non-hydrogen) atoms. The molecule has 1 aromatic carbocycles. The van der Waals surface area contributed by atoms with E-state index >= 15 is 0 Å². The van der Waals surface area contributed by atoms with E-state index < -0.39 is 0 Å². The average molecular weight is 481 g/mol. The summed E-state index contributed by atoms with van der Waals surface area (Å²) in [6, 6.07) is 12.3. The predicted octanol–water partition coefficient (Wildman–Crippen LogP) is 4.42. The minimum atomic E-state index is 0. The van der Waals surface area contributed by atoms with Gasteiger partial charge in [-0.1, -0.05) is 60.5 Å². The summed E-state index contributed by atoms with van der Waals surface area (Å²) in [7, 11) is 3.65. The number of aromatic nitrogens is 1. The van der Waals surface area contributed by atoms with Gasteiger partial charge < -0.3 is 15.2 Å². The number of benzene rings is 1. The van der Waals surface area contributed by atoms with E-state index in [4.69, 9.17) is 23.2 Å². The first-order valence-electron chi connectivity index (χ1n) is 7.52. The van der Waals surface area contributed by atoms with Crippen LogP contribution in [0.2, 0.25) is 10.2 Å². The maximum Gasteiger partial charge on any atom is 0.191 e. The van der Waals surface area contributed by atoms with Crippen LogP contribution in [0.4, 0.5) is 0 Å². The normalized spacial score (nSPS) is 12.5. The highest BCUT2D eigenvalue weighted by atomic mass is 127. The Bertz CT molecular complexity index is 671. The molecule has 0 radical (unpaired) electrons. The Morgan fingerprint density at radius 2 is 1.88 bits per heavy atom. The first-order chi connectivity index (χ1) is 11.0. The molecular weight excluding hydrogens is 458 g/mol. The highest BCUT2D eigenvalue weighted by Crippen LogP contribution is 2.24. The zero-order valence-corrected chi connectivity index (χ0v) is 17.9. The molecule has 1 heterocycles. The maximum absolute atomic E-state index is 6.08. The summed E-state index contributed by atoms with van der Waals surface area (Å²) in [5, 5.41) is 7.72. The van der Waals surface area contributed by atoms with Gasteiger partial charge in [0.25, 0.3) is 0 Å². The molecule has 1 atom stereocenters. The number of hydrogen-bond donors (Lipinski definition) is 2. The van der Waals surface area contributed by atoms with Gasteiger partial charge >= 0.3 is 0 Å². The first-order valence-corrected chi connectivity index (χ1v) is 8.27. The van der Waals surface area contributed by atoms with Crippen molar-refractivity contribution in [1.82, 2.24) is 15.2 Å². The van der Waals surface area contributed by atoms with Crippen molar-refractivity contribution in [2.45, 2.75) is 19.4 Å². The molecule has 0 fully saturated rings. The summed E-state index contributed by atoms with van der Waals surface area (Å²) in [5.41, 5.74) is 2.30. The third kappa shape index (κ3) is 5.57. The van der Waals surface area contributed by atoms with Crippen molar-refractivity contribution in [2.75, 3.05) is 13.6 Å². The second-order valence-electron chi connectivity index (χ2n) is 5.45. The van der Waals surface area contributed by atoms with Crippen LogP contribution < -0.4 is 10.6 Å².